The number of aliphatic carboxylic acids is 1. The Kier molecular flexibility index (Phi) is 7.12. The monoisotopic (exact) mass is 321 g/mol. The van der Waals surface area contributed by atoms with Crippen molar-refractivity contribution in [2.24, 2.45) is 5.92 Å². The smallest absolute Gasteiger partial charge is 0.326 e. The Morgan fingerprint density at radius 3 is 2.52 bits per heavy atom. The van der Waals surface area contributed by atoms with Crippen LogP contribution in [0.2, 0.25) is 0 Å². The second-order valence-corrected chi connectivity index (χ2v) is 5.25. The van der Waals surface area contributed by atoms with Crippen LogP contribution in [0.1, 0.15) is 26.3 Å². The molecule has 0 unspecified atom stereocenters. The number of hydrogen-bond acceptors (Lipinski definition) is 4. The van der Waals surface area contributed by atoms with Gasteiger partial charge in [-0.25, -0.2) is 4.79 Å². The van der Waals surface area contributed by atoms with Gasteiger partial charge in [0, 0.05) is 6.08 Å². The number of methoxy groups -OCH3 is 1. The van der Waals surface area contributed by atoms with Crippen LogP contribution in [0.25, 0.3) is 6.08 Å². The van der Waals surface area contributed by atoms with E-state index in [0.29, 0.717) is 18.1 Å². The van der Waals surface area contributed by atoms with Crippen molar-refractivity contribution >= 4 is 18.0 Å². The lowest BCUT2D eigenvalue weighted by Crippen LogP contribution is -2.43. The van der Waals surface area contributed by atoms with E-state index in [4.69, 9.17) is 14.6 Å². The van der Waals surface area contributed by atoms with Gasteiger partial charge >= 0.3 is 5.97 Å². The van der Waals surface area contributed by atoms with E-state index in [2.05, 4.69) is 5.32 Å². The minimum atomic E-state index is -1.05. The first-order valence-corrected chi connectivity index (χ1v) is 7.41. The zero-order valence-corrected chi connectivity index (χ0v) is 13.8. The fourth-order valence-electron chi connectivity index (χ4n) is 1.95. The number of rotatable bonds is 8. The molecule has 2 N–H and O–H groups in total. The minimum absolute atomic E-state index is 0.199. The molecule has 0 aliphatic carbocycles. The van der Waals surface area contributed by atoms with Crippen molar-refractivity contribution in [2.45, 2.75) is 26.8 Å². The molecule has 0 aliphatic rings. The number of ether oxygens (including phenoxy) is 2. The van der Waals surface area contributed by atoms with Gasteiger partial charge in [0.2, 0.25) is 5.91 Å². The average Bonchev–Trinajstić information content (AvgIpc) is 2.51. The molecule has 0 saturated heterocycles. The van der Waals surface area contributed by atoms with Gasteiger partial charge in [-0.1, -0.05) is 19.9 Å². The van der Waals surface area contributed by atoms with Crippen LogP contribution in [0, 0.1) is 5.92 Å². The number of nitrogens with one attached hydrogen (secondary N) is 1. The lowest BCUT2D eigenvalue weighted by molar-refractivity contribution is -0.142. The van der Waals surface area contributed by atoms with Crippen LogP contribution in [-0.2, 0) is 9.59 Å². The molecule has 6 nitrogen and oxygen atoms in total. The summed E-state index contributed by atoms with van der Waals surface area (Å²) in [6.07, 6.45) is 2.89. The largest absolute Gasteiger partial charge is 0.493 e. The van der Waals surface area contributed by atoms with Crippen LogP contribution >= 0.6 is 0 Å². The number of carbonyl (C=O) groups excluding carboxylic acids is 1. The predicted molar refractivity (Wildman–Crippen MR) is 87.6 cm³/mol. The van der Waals surface area contributed by atoms with E-state index < -0.39 is 17.9 Å². The Morgan fingerprint density at radius 2 is 2.00 bits per heavy atom. The fraction of sp³-hybridized carbons (Fsp3) is 0.412. The quantitative estimate of drug-likeness (QED) is 0.718. The Labute approximate surface area is 136 Å². The normalized spacial score (nSPS) is 12.2. The van der Waals surface area contributed by atoms with Crippen molar-refractivity contribution in [1.82, 2.24) is 5.32 Å². The topological polar surface area (TPSA) is 84.9 Å². The molecule has 0 radical (unpaired) electrons. The van der Waals surface area contributed by atoms with Crippen molar-refractivity contribution in [2.75, 3.05) is 13.7 Å². The van der Waals surface area contributed by atoms with E-state index >= 15 is 0 Å². The van der Waals surface area contributed by atoms with Crippen molar-refractivity contribution in [1.29, 1.82) is 0 Å². The summed E-state index contributed by atoms with van der Waals surface area (Å²) in [5.74, 6) is -0.513. The first-order valence-electron chi connectivity index (χ1n) is 7.41. The minimum Gasteiger partial charge on any atom is -0.493 e. The van der Waals surface area contributed by atoms with Crippen molar-refractivity contribution in [3.05, 3.63) is 29.8 Å². The van der Waals surface area contributed by atoms with Gasteiger partial charge in [-0.2, -0.15) is 0 Å². The number of benzene rings is 1. The maximum atomic E-state index is 11.8. The molecule has 0 aromatic heterocycles. The van der Waals surface area contributed by atoms with Gasteiger partial charge in [0.1, 0.15) is 6.04 Å². The van der Waals surface area contributed by atoms with Crippen LogP contribution in [-0.4, -0.2) is 36.7 Å². The van der Waals surface area contributed by atoms with E-state index in [-0.39, 0.29) is 5.92 Å². The van der Waals surface area contributed by atoms with Gasteiger partial charge in [-0.3, -0.25) is 4.79 Å². The highest BCUT2D eigenvalue weighted by molar-refractivity contribution is 5.94. The molecule has 1 rings (SSSR count). The van der Waals surface area contributed by atoms with Crippen LogP contribution < -0.4 is 14.8 Å². The zero-order valence-electron chi connectivity index (χ0n) is 13.8. The van der Waals surface area contributed by atoms with E-state index in [1.807, 2.05) is 6.92 Å². The lowest BCUT2D eigenvalue weighted by atomic mass is 10.0. The third-order valence-corrected chi connectivity index (χ3v) is 3.15. The van der Waals surface area contributed by atoms with Crippen LogP contribution in [0.5, 0.6) is 11.5 Å². The predicted octanol–water partition coefficient (Wildman–Crippen LogP) is 2.33. The van der Waals surface area contributed by atoms with Crippen molar-refractivity contribution in [3.63, 3.8) is 0 Å². The molecule has 1 amide bonds. The number of carbonyl (C=O) groups is 2. The molecule has 126 valence electrons. The summed E-state index contributed by atoms with van der Waals surface area (Å²) >= 11 is 0. The Morgan fingerprint density at radius 1 is 1.30 bits per heavy atom. The summed E-state index contributed by atoms with van der Waals surface area (Å²) in [5.41, 5.74) is 0.747. The van der Waals surface area contributed by atoms with Gasteiger partial charge in [0.25, 0.3) is 0 Å². The molecular weight excluding hydrogens is 298 g/mol. The highest BCUT2D eigenvalue weighted by Gasteiger charge is 2.22. The van der Waals surface area contributed by atoms with Gasteiger partial charge in [-0.05, 0) is 36.6 Å². The van der Waals surface area contributed by atoms with Crippen molar-refractivity contribution < 1.29 is 24.2 Å². The van der Waals surface area contributed by atoms with E-state index in [0.717, 1.165) is 5.56 Å². The molecule has 0 fully saturated rings. The fourth-order valence-corrected chi connectivity index (χ4v) is 1.95. The Balaban J connectivity index is 2.80. The summed E-state index contributed by atoms with van der Waals surface area (Å²) in [4.78, 5) is 22.9. The second-order valence-electron chi connectivity index (χ2n) is 5.25. The molecule has 6 heteroatoms. The number of amides is 1. The number of carboxylic acids is 1. The second kappa shape index (κ2) is 8.82. The molecule has 0 spiro atoms. The van der Waals surface area contributed by atoms with Gasteiger partial charge in [0.15, 0.2) is 11.5 Å². The first kappa shape index (κ1) is 18.5. The van der Waals surface area contributed by atoms with Crippen LogP contribution in [0.3, 0.4) is 0 Å². The van der Waals surface area contributed by atoms with Gasteiger partial charge < -0.3 is 19.9 Å². The van der Waals surface area contributed by atoms with E-state index in [9.17, 15) is 9.59 Å². The van der Waals surface area contributed by atoms with Crippen molar-refractivity contribution in [3.8, 4) is 11.5 Å². The average molecular weight is 321 g/mol. The van der Waals surface area contributed by atoms with Gasteiger partial charge in [-0.15, -0.1) is 0 Å². The molecule has 1 aromatic carbocycles. The van der Waals surface area contributed by atoms with Gasteiger partial charge in [0.05, 0.1) is 13.7 Å². The summed E-state index contributed by atoms with van der Waals surface area (Å²) < 4.78 is 10.7. The summed E-state index contributed by atoms with van der Waals surface area (Å²) in [5, 5.41) is 11.5. The summed E-state index contributed by atoms with van der Waals surface area (Å²) in [6.45, 7) is 5.88. The SMILES string of the molecule is CCOc1ccc(/C=C/C(=O)N[C@@H](C(=O)O)C(C)C)cc1OC. The molecule has 1 atom stereocenters. The first-order chi connectivity index (χ1) is 10.9. The highest BCUT2D eigenvalue weighted by atomic mass is 16.5. The Hall–Kier alpha value is -2.50. The molecule has 1 aromatic rings. The molecule has 0 saturated carbocycles. The maximum Gasteiger partial charge on any atom is 0.326 e. The third kappa shape index (κ3) is 5.65. The molecule has 0 bridgehead atoms. The maximum absolute atomic E-state index is 11.8. The molecular formula is C17H23NO5. The Bertz CT molecular complexity index is 580. The van der Waals surface area contributed by atoms with E-state index in [1.165, 1.54) is 13.2 Å². The molecule has 0 heterocycles. The van der Waals surface area contributed by atoms with Crippen LogP contribution in [0.4, 0.5) is 0 Å². The van der Waals surface area contributed by atoms with Crippen LogP contribution in [0.15, 0.2) is 24.3 Å². The van der Waals surface area contributed by atoms with E-state index in [1.54, 1.807) is 38.1 Å². The number of hydrogen-bond donors (Lipinski definition) is 2. The zero-order chi connectivity index (χ0) is 17.4. The third-order valence-electron chi connectivity index (χ3n) is 3.15. The lowest BCUT2D eigenvalue weighted by Gasteiger charge is -2.16. The molecule has 23 heavy (non-hydrogen) atoms. The highest BCUT2D eigenvalue weighted by Crippen LogP contribution is 2.28. The molecule has 0 aliphatic heterocycles. The standard InChI is InChI=1S/C17H23NO5/c1-5-23-13-8-6-12(10-14(13)22-4)7-9-15(19)18-16(11(2)3)17(20)21/h6-11,16H,5H2,1-4H3,(H,18,19)(H,20,21)/b9-7+/t16-/m1/s1. The number of carboxylic acid groups (broad SMARTS) is 1. The summed E-state index contributed by atoms with van der Waals surface area (Å²) in [7, 11) is 1.54. The summed E-state index contributed by atoms with van der Waals surface area (Å²) in [6, 6.07) is 4.37.